The normalized spacial score (nSPS) is 16.1. The third-order valence-corrected chi connectivity index (χ3v) is 3.66. The fraction of sp³-hybridized carbons (Fsp3) is 0.588. The summed E-state index contributed by atoms with van der Waals surface area (Å²) in [5, 5.41) is 6.24. The van der Waals surface area contributed by atoms with Crippen LogP contribution < -0.4 is 10.6 Å². The highest BCUT2D eigenvalue weighted by atomic mass is 16.1. The van der Waals surface area contributed by atoms with Crippen molar-refractivity contribution in [1.29, 1.82) is 0 Å². The Bertz CT molecular complexity index is 473. The lowest BCUT2D eigenvalue weighted by molar-refractivity contribution is -0.115. The van der Waals surface area contributed by atoms with Crippen molar-refractivity contribution in [2.24, 2.45) is 0 Å². The van der Waals surface area contributed by atoms with E-state index in [1.807, 2.05) is 18.2 Å². The zero-order valence-electron chi connectivity index (χ0n) is 13.4. The number of benzene rings is 1. The van der Waals surface area contributed by atoms with Crippen LogP contribution in [0.3, 0.4) is 0 Å². The predicted molar refractivity (Wildman–Crippen MR) is 87.3 cm³/mol. The molecule has 116 valence electrons. The van der Waals surface area contributed by atoms with Crippen LogP contribution in [0.15, 0.2) is 24.3 Å². The number of hydrogen-bond acceptors (Lipinski definition) is 3. The molecule has 2 rings (SSSR count). The molecule has 0 atom stereocenters. The molecule has 1 saturated heterocycles. The lowest BCUT2D eigenvalue weighted by Gasteiger charge is -2.21. The Balaban J connectivity index is 1.94. The van der Waals surface area contributed by atoms with Crippen molar-refractivity contribution in [3.63, 3.8) is 0 Å². The van der Waals surface area contributed by atoms with Crippen molar-refractivity contribution < 1.29 is 4.79 Å². The van der Waals surface area contributed by atoms with Crippen LogP contribution in [0.25, 0.3) is 0 Å². The molecule has 0 aromatic heterocycles. The van der Waals surface area contributed by atoms with Gasteiger partial charge in [0.1, 0.15) is 0 Å². The van der Waals surface area contributed by atoms with E-state index in [4.69, 9.17) is 0 Å². The molecule has 1 fully saturated rings. The maximum Gasteiger partial charge on any atom is 0.238 e. The van der Waals surface area contributed by atoms with Gasteiger partial charge in [0.05, 0.1) is 6.54 Å². The summed E-state index contributed by atoms with van der Waals surface area (Å²) in [4.78, 5) is 14.5. The molecule has 2 N–H and O–H groups in total. The van der Waals surface area contributed by atoms with Gasteiger partial charge in [-0.25, -0.2) is 0 Å². The van der Waals surface area contributed by atoms with Gasteiger partial charge in [-0.1, -0.05) is 18.2 Å². The van der Waals surface area contributed by atoms with E-state index in [0.29, 0.717) is 6.54 Å². The molecule has 21 heavy (non-hydrogen) atoms. The van der Waals surface area contributed by atoms with Crippen LogP contribution in [0, 0.1) is 0 Å². The minimum atomic E-state index is -0.0492. The number of carbonyl (C=O) groups is 1. The highest BCUT2D eigenvalue weighted by molar-refractivity contribution is 5.93. The molecule has 0 unspecified atom stereocenters. The number of amides is 1. The van der Waals surface area contributed by atoms with E-state index in [-0.39, 0.29) is 11.4 Å². The number of likely N-dealkylation sites (tertiary alicyclic amines) is 1. The van der Waals surface area contributed by atoms with E-state index < -0.39 is 0 Å². The molecule has 1 heterocycles. The number of nitrogens with zero attached hydrogens (tertiary/aromatic N) is 1. The molecule has 1 aromatic carbocycles. The smallest absolute Gasteiger partial charge is 0.238 e. The molecule has 0 spiro atoms. The van der Waals surface area contributed by atoms with Crippen molar-refractivity contribution >= 4 is 11.6 Å². The molecule has 1 aromatic rings. The molecule has 1 amide bonds. The standard InChI is InChI=1S/C17H27N3O/c1-17(2,3)18-12-16(21)19-15-9-5-4-8-14(15)13-20-10-6-7-11-20/h4-5,8-9,18H,6-7,10-13H2,1-3H3,(H,19,21). The van der Waals surface area contributed by atoms with Crippen LogP contribution in [0.5, 0.6) is 0 Å². The molecular weight excluding hydrogens is 262 g/mol. The Hall–Kier alpha value is -1.39. The lowest BCUT2D eigenvalue weighted by atomic mass is 10.1. The van der Waals surface area contributed by atoms with E-state index in [1.54, 1.807) is 0 Å². The zero-order valence-corrected chi connectivity index (χ0v) is 13.4. The maximum atomic E-state index is 12.1. The Morgan fingerprint density at radius 2 is 1.86 bits per heavy atom. The minimum absolute atomic E-state index is 0.0128. The van der Waals surface area contributed by atoms with E-state index in [0.717, 1.165) is 25.3 Å². The largest absolute Gasteiger partial charge is 0.325 e. The summed E-state index contributed by atoms with van der Waals surface area (Å²) in [5.41, 5.74) is 2.08. The van der Waals surface area contributed by atoms with E-state index in [2.05, 4.69) is 42.4 Å². The molecule has 4 nitrogen and oxygen atoms in total. The SMILES string of the molecule is CC(C)(C)NCC(=O)Nc1ccccc1CN1CCCC1. The molecule has 1 aliphatic rings. The molecule has 1 aliphatic heterocycles. The molecule has 4 heteroatoms. The zero-order chi connectivity index (χ0) is 15.3. The average Bonchev–Trinajstić information content (AvgIpc) is 2.91. The first-order chi connectivity index (χ1) is 9.94. The first-order valence-corrected chi connectivity index (χ1v) is 7.79. The molecule has 0 aliphatic carbocycles. The van der Waals surface area contributed by atoms with Crippen molar-refractivity contribution in [2.75, 3.05) is 25.0 Å². The third kappa shape index (κ3) is 5.48. The van der Waals surface area contributed by atoms with Gasteiger partial charge in [-0.15, -0.1) is 0 Å². The summed E-state index contributed by atoms with van der Waals surface area (Å²) < 4.78 is 0. The highest BCUT2D eigenvalue weighted by Gasteiger charge is 2.15. The van der Waals surface area contributed by atoms with Gasteiger partial charge >= 0.3 is 0 Å². The van der Waals surface area contributed by atoms with Crippen LogP contribution in [-0.4, -0.2) is 36.0 Å². The van der Waals surface area contributed by atoms with Crippen LogP contribution in [-0.2, 0) is 11.3 Å². The Morgan fingerprint density at radius 1 is 1.19 bits per heavy atom. The molecule has 0 bridgehead atoms. The maximum absolute atomic E-state index is 12.1. The van der Waals surface area contributed by atoms with Crippen molar-refractivity contribution in [3.8, 4) is 0 Å². The van der Waals surface area contributed by atoms with Gasteiger partial charge in [-0.2, -0.15) is 0 Å². The highest BCUT2D eigenvalue weighted by Crippen LogP contribution is 2.19. The third-order valence-electron chi connectivity index (χ3n) is 3.66. The average molecular weight is 289 g/mol. The predicted octanol–water partition coefficient (Wildman–Crippen LogP) is 2.61. The van der Waals surface area contributed by atoms with Crippen LogP contribution in [0.4, 0.5) is 5.69 Å². The van der Waals surface area contributed by atoms with E-state index >= 15 is 0 Å². The minimum Gasteiger partial charge on any atom is -0.325 e. The number of nitrogens with one attached hydrogen (secondary N) is 2. The Labute approximate surface area is 127 Å². The van der Waals surface area contributed by atoms with Gasteiger partial charge in [0.25, 0.3) is 0 Å². The van der Waals surface area contributed by atoms with Crippen LogP contribution in [0.1, 0.15) is 39.2 Å². The monoisotopic (exact) mass is 289 g/mol. The summed E-state index contributed by atoms with van der Waals surface area (Å²) in [6, 6.07) is 8.10. The second-order valence-electron chi connectivity index (χ2n) is 6.79. The van der Waals surface area contributed by atoms with E-state index in [1.165, 1.54) is 18.4 Å². The summed E-state index contributed by atoms with van der Waals surface area (Å²) >= 11 is 0. The first kappa shape index (κ1) is 16.0. The van der Waals surface area contributed by atoms with Crippen molar-refractivity contribution in [2.45, 2.75) is 45.7 Å². The van der Waals surface area contributed by atoms with Crippen molar-refractivity contribution in [3.05, 3.63) is 29.8 Å². The van der Waals surface area contributed by atoms with Gasteiger partial charge in [0.15, 0.2) is 0 Å². The van der Waals surface area contributed by atoms with Gasteiger partial charge in [0.2, 0.25) is 5.91 Å². The molecule has 0 radical (unpaired) electrons. The van der Waals surface area contributed by atoms with Gasteiger partial charge < -0.3 is 10.6 Å². The quantitative estimate of drug-likeness (QED) is 0.876. The second kappa shape index (κ2) is 7.05. The summed E-state index contributed by atoms with van der Waals surface area (Å²) in [6.45, 7) is 9.75. The summed E-state index contributed by atoms with van der Waals surface area (Å²) in [6.07, 6.45) is 2.56. The number of hydrogen-bond donors (Lipinski definition) is 2. The first-order valence-electron chi connectivity index (χ1n) is 7.79. The number of para-hydroxylation sites is 1. The Kier molecular flexibility index (Phi) is 5.37. The van der Waals surface area contributed by atoms with Gasteiger partial charge in [0, 0.05) is 17.8 Å². The second-order valence-corrected chi connectivity index (χ2v) is 6.79. The van der Waals surface area contributed by atoms with Crippen molar-refractivity contribution in [1.82, 2.24) is 10.2 Å². The van der Waals surface area contributed by atoms with Crippen LogP contribution in [0.2, 0.25) is 0 Å². The topological polar surface area (TPSA) is 44.4 Å². The number of carbonyl (C=O) groups excluding carboxylic acids is 1. The van der Waals surface area contributed by atoms with E-state index in [9.17, 15) is 4.79 Å². The van der Waals surface area contributed by atoms with Gasteiger partial charge in [-0.3, -0.25) is 9.69 Å². The Morgan fingerprint density at radius 3 is 2.52 bits per heavy atom. The summed E-state index contributed by atoms with van der Waals surface area (Å²) in [5.74, 6) is 0.0128. The number of anilines is 1. The fourth-order valence-corrected chi connectivity index (χ4v) is 2.50. The molecule has 0 saturated carbocycles. The fourth-order valence-electron chi connectivity index (χ4n) is 2.50. The molecular formula is C17H27N3O. The van der Waals surface area contributed by atoms with Crippen LogP contribution >= 0.6 is 0 Å². The number of rotatable bonds is 5. The summed E-state index contributed by atoms with van der Waals surface area (Å²) in [7, 11) is 0. The van der Waals surface area contributed by atoms with Gasteiger partial charge in [-0.05, 0) is 58.3 Å². The lowest BCUT2D eigenvalue weighted by Crippen LogP contribution is -2.41.